The van der Waals surface area contributed by atoms with Gasteiger partial charge in [-0.2, -0.15) is 0 Å². The molecule has 4 heterocycles. The van der Waals surface area contributed by atoms with Gasteiger partial charge < -0.3 is 19.0 Å². The van der Waals surface area contributed by atoms with Gasteiger partial charge in [0.1, 0.15) is 5.00 Å². The van der Waals surface area contributed by atoms with E-state index in [-0.39, 0.29) is 17.8 Å². The van der Waals surface area contributed by atoms with E-state index in [1.54, 1.807) is 23.5 Å². The second-order valence-corrected chi connectivity index (χ2v) is 9.09. The minimum Gasteiger partial charge on any atom is -0.459 e. The number of nitrogens with one attached hydrogen (secondary N) is 1. The number of aromatic nitrogens is 1. The van der Waals surface area contributed by atoms with Gasteiger partial charge in [-0.25, -0.2) is 4.99 Å². The van der Waals surface area contributed by atoms with E-state index >= 15 is 0 Å². The summed E-state index contributed by atoms with van der Waals surface area (Å²) in [4.78, 5) is 19.5. The number of furan rings is 1. The molecular formula is C23H21N3O3S2. The molecule has 1 aliphatic heterocycles. The van der Waals surface area contributed by atoms with Gasteiger partial charge in [-0.15, -0.1) is 11.3 Å². The molecule has 158 valence electrons. The first-order chi connectivity index (χ1) is 15.3. The lowest BCUT2D eigenvalue weighted by molar-refractivity contribution is 0.0968. The molecule has 1 atom stereocenters. The number of hydrogen-bond acceptors (Lipinski definition) is 6. The van der Waals surface area contributed by atoms with Crippen molar-refractivity contribution in [3.05, 3.63) is 76.8 Å². The predicted molar refractivity (Wildman–Crippen MR) is 123 cm³/mol. The van der Waals surface area contributed by atoms with E-state index in [2.05, 4.69) is 16.0 Å². The summed E-state index contributed by atoms with van der Waals surface area (Å²) >= 11 is 3.10. The maximum atomic E-state index is 12.8. The van der Waals surface area contributed by atoms with Crippen molar-refractivity contribution < 1.29 is 13.9 Å². The summed E-state index contributed by atoms with van der Waals surface area (Å²) in [6.45, 7) is 1.48. The third-order valence-electron chi connectivity index (χ3n) is 5.03. The normalized spacial score (nSPS) is 16.6. The minimum absolute atomic E-state index is 0.136. The molecule has 8 heteroatoms. The Bertz CT molecular complexity index is 1200. The highest BCUT2D eigenvalue weighted by Crippen LogP contribution is 2.35. The summed E-state index contributed by atoms with van der Waals surface area (Å²) in [7, 11) is 0. The zero-order valence-electron chi connectivity index (χ0n) is 16.7. The number of para-hydroxylation sites is 1. The first kappa shape index (κ1) is 20.0. The molecule has 1 amide bonds. The number of anilines is 1. The molecule has 1 aliphatic rings. The molecule has 0 aliphatic carbocycles. The Hall–Kier alpha value is -2.94. The zero-order chi connectivity index (χ0) is 21.0. The Morgan fingerprint density at radius 3 is 2.77 bits per heavy atom. The number of thiazole rings is 1. The summed E-state index contributed by atoms with van der Waals surface area (Å²) in [5.41, 5.74) is 1.82. The molecule has 5 rings (SSSR count). The van der Waals surface area contributed by atoms with Crippen LogP contribution in [0.1, 0.15) is 23.4 Å². The fraction of sp³-hybridized carbons (Fsp3) is 0.217. The van der Waals surface area contributed by atoms with Crippen molar-refractivity contribution in [1.82, 2.24) is 4.57 Å². The van der Waals surface area contributed by atoms with Gasteiger partial charge in [0.05, 0.1) is 35.2 Å². The Morgan fingerprint density at radius 2 is 2.06 bits per heavy atom. The standard InChI is InChI=1S/C23H21N3O3S2/c27-21(18-10-5-13-29-18)25-22-20(19-11-6-14-30-19)26(15-17-9-4-12-28-17)23(31-22)24-16-7-2-1-3-8-16/h1-3,5-8,10-11,13-14,17H,4,9,12,15H2,(H,25,27)/t17-/m1/s1. The summed E-state index contributed by atoms with van der Waals surface area (Å²) in [6, 6.07) is 17.3. The number of nitrogens with zero attached hydrogens (tertiary/aromatic N) is 2. The van der Waals surface area contributed by atoms with Gasteiger partial charge in [-0.1, -0.05) is 35.6 Å². The number of carbonyl (C=O) groups excluding carboxylic acids is 1. The molecule has 0 saturated carbocycles. The Balaban J connectivity index is 1.64. The molecule has 31 heavy (non-hydrogen) atoms. The third-order valence-corrected chi connectivity index (χ3v) is 6.90. The average Bonchev–Trinajstić information content (AvgIpc) is 3.58. The van der Waals surface area contributed by atoms with Gasteiger partial charge in [-0.05, 0) is 48.6 Å². The number of rotatable bonds is 6. The first-order valence-corrected chi connectivity index (χ1v) is 11.8. The van der Waals surface area contributed by atoms with Crippen LogP contribution in [0, 0.1) is 0 Å². The number of thiophene rings is 1. The van der Waals surface area contributed by atoms with E-state index < -0.39 is 0 Å². The maximum absolute atomic E-state index is 12.8. The number of benzene rings is 1. The highest BCUT2D eigenvalue weighted by atomic mass is 32.1. The largest absolute Gasteiger partial charge is 0.459 e. The molecule has 0 bridgehead atoms. The monoisotopic (exact) mass is 451 g/mol. The third kappa shape index (κ3) is 4.41. The van der Waals surface area contributed by atoms with E-state index in [1.807, 2.05) is 41.8 Å². The van der Waals surface area contributed by atoms with Crippen LogP contribution in [0.25, 0.3) is 10.6 Å². The summed E-state index contributed by atoms with van der Waals surface area (Å²) in [5, 5.41) is 5.83. The van der Waals surface area contributed by atoms with Gasteiger partial charge in [-0.3, -0.25) is 4.79 Å². The number of carbonyl (C=O) groups is 1. The van der Waals surface area contributed by atoms with Gasteiger partial charge in [0.25, 0.3) is 5.91 Å². The lowest BCUT2D eigenvalue weighted by Crippen LogP contribution is -2.24. The van der Waals surface area contributed by atoms with Crippen LogP contribution in [-0.2, 0) is 11.3 Å². The Kier molecular flexibility index (Phi) is 5.84. The van der Waals surface area contributed by atoms with Gasteiger partial charge >= 0.3 is 0 Å². The van der Waals surface area contributed by atoms with Gasteiger partial charge in [0, 0.05) is 6.61 Å². The molecular weight excluding hydrogens is 430 g/mol. The smallest absolute Gasteiger partial charge is 0.292 e. The van der Waals surface area contributed by atoms with Crippen molar-refractivity contribution in [1.29, 1.82) is 0 Å². The predicted octanol–water partition coefficient (Wildman–Crippen LogP) is 5.53. The van der Waals surface area contributed by atoms with Crippen LogP contribution in [0.3, 0.4) is 0 Å². The van der Waals surface area contributed by atoms with Crippen molar-refractivity contribution in [2.24, 2.45) is 4.99 Å². The molecule has 4 aromatic rings. The fourth-order valence-electron chi connectivity index (χ4n) is 3.59. The summed E-state index contributed by atoms with van der Waals surface area (Å²) in [6.07, 6.45) is 3.72. The SMILES string of the molecule is O=C(Nc1sc(=Nc2ccccc2)n(C[C@H]2CCCO2)c1-c1cccs1)c1ccco1. The van der Waals surface area contributed by atoms with Crippen LogP contribution in [0.5, 0.6) is 0 Å². The minimum atomic E-state index is -0.278. The maximum Gasteiger partial charge on any atom is 0.292 e. The Morgan fingerprint density at radius 1 is 1.16 bits per heavy atom. The molecule has 1 saturated heterocycles. The fourth-order valence-corrected chi connectivity index (χ4v) is 5.51. The van der Waals surface area contributed by atoms with E-state index in [1.165, 1.54) is 17.6 Å². The summed E-state index contributed by atoms with van der Waals surface area (Å²) in [5.74, 6) is -0.00247. The van der Waals surface area contributed by atoms with E-state index in [0.717, 1.165) is 45.5 Å². The lowest BCUT2D eigenvalue weighted by atomic mass is 10.2. The number of hydrogen-bond donors (Lipinski definition) is 1. The number of ether oxygens (including phenoxy) is 1. The molecule has 0 unspecified atom stereocenters. The summed E-state index contributed by atoms with van der Waals surface area (Å²) < 4.78 is 13.4. The van der Waals surface area contributed by atoms with Crippen LogP contribution in [0.15, 0.2) is 75.7 Å². The second-order valence-electron chi connectivity index (χ2n) is 7.16. The topological polar surface area (TPSA) is 68.8 Å². The Labute approximate surface area is 187 Å². The first-order valence-electron chi connectivity index (χ1n) is 10.1. The van der Waals surface area contributed by atoms with Crippen LogP contribution in [0.2, 0.25) is 0 Å². The van der Waals surface area contributed by atoms with Crippen molar-refractivity contribution in [2.75, 3.05) is 11.9 Å². The molecule has 6 nitrogen and oxygen atoms in total. The van der Waals surface area contributed by atoms with Crippen LogP contribution < -0.4 is 10.1 Å². The van der Waals surface area contributed by atoms with Gasteiger partial charge in [0.15, 0.2) is 10.6 Å². The molecule has 1 aromatic carbocycles. The zero-order valence-corrected chi connectivity index (χ0v) is 18.3. The molecule has 3 aromatic heterocycles. The highest BCUT2D eigenvalue weighted by Gasteiger charge is 2.24. The van der Waals surface area contributed by atoms with E-state index in [9.17, 15) is 4.79 Å². The molecule has 1 N–H and O–H groups in total. The van der Waals surface area contributed by atoms with Crippen molar-refractivity contribution in [3.8, 4) is 10.6 Å². The average molecular weight is 452 g/mol. The van der Waals surface area contributed by atoms with Crippen molar-refractivity contribution >= 4 is 39.3 Å². The van der Waals surface area contributed by atoms with Crippen LogP contribution >= 0.6 is 22.7 Å². The van der Waals surface area contributed by atoms with Crippen LogP contribution in [0.4, 0.5) is 10.7 Å². The van der Waals surface area contributed by atoms with Crippen molar-refractivity contribution in [2.45, 2.75) is 25.5 Å². The lowest BCUT2D eigenvalue weighted by Gasteiger charge is -2.14. The van der Waals surface area contributed by atoms with E-state index in [4.69, 9.17) is 14.1 Å². The molecule has 1 fully saturated rings. The molecule has 0 spiro atoms. The van der Waals surface area contributed by atoms with Gasteiger partial charge in [0.2, 0.25) is 0 Å². The second kappa shape index (κ2) is 9.05. The quantitative estimate of drug-likeness (QED) is 0.419. The van der Waals surface area contributed by atoms with Crippen molar-refractivity contribution in [3.63, 3.8) is 0 Å². The molecule has 0 radical (unpaired) electrons. The van der Waals surface area contributed by atoms with E-state index in [0.29, 0.717) is 6.54 Å². The van der Waals surface area contributed by atoms with Crippen LogP contribution in [-0.4, -0.2) is 23.2 Å². The highest BCUT2D eigenvalue weighted by molar-refractivity contribution is 7.16. The number of amides is 1.